The Hall–Kier alpha value is -1.47. The van der Waals surface area contributed by atoms with E-state index in [0.29, 0.717) is 12.8 Å². The quantitative estimate of drug-likeness (QED) is 0.0309. The molecule has 0 aromatic rings. The van der Waals surface area contributed by atoms with Gasteiger partial charge in [0.15, 0.2) is 6.10 Å². The van der Waals surface area contributed by atoms with Gasteiger partial charge in [-0.25, -0.2) is 4.57 Å². The van der Waals surface area contributed by atoms with Crippen molar-refractivity contribution in [2.24, 2.45) is 0 Å². The lowest BCUT2D eigenvalue weighted by atomic mass is 10.1. The first kappa shape index (κ1) is 43.5. The fraction of sp³-hybridized carbons (Fsp3) is 0.833. The number of hydrogen-bond acceptors (Lipinski definition) is 6. The van der Waals surface area contributed by atoms with E-state index in [-0.39, 0.29) is 19.4 Å². The third-order valence-electron chi connectivity index (χ3n) is 7.69. The van der Waals surface area contributed by atoms with E-state index in [1.165, 1.54) is 77.0 Å². The molecule has 9 heteroatoms. The van der Waals surface area contributed by atoms with Gasteiger partial charge in [0.1, 0.15) is 6.61 Å². The summed E-state index contributed by atoms with van der Waals surface area (Å²) in [6.45, 7) is 3.62. The monoisotopic (exact) mass is 658 g/mol. The molecule has 0 bridgehead atoms. The maximum absolute atomic E-state index is 12.3. The first-order chi connectivity index (χ1) is 21.8. The largest absolute Gasteiger partial charge is 0.469 e. The van der Waals surface area contributed by atoms with Crippen molar-refractivity contribution in [3.8, 4) is 0 Å². The van der Waals surface area contributed by atoms with Crippen LogP contribution in [0.5, 0.6) is 0 Å². The lowest BCUT2D eigenvalue weighted by molar-refractivity contribution is -0.161. The molecule has 0 unspecified atom stereocenters. The van der Waals surface area contributed by atoms with Crippen molar-refractivity contribution in [3.05, 3.63) is 24.3 Å². The molecular formula is C36H67O8P. The Morgan fingerprint density at radius 2 is 0.933 bits per heavy atom. The van der Waals surface area contributed by atoms with Crippen LogP contribution in [0.25, 0.3) is 0 Å². The summed E-state index contributed by atoms with van der Waals surface area (Å²) in [6.07, 6.45) is 34.7. The molecule has 0 aromatic carbocycles. The van der Waals surface area contributed by atoms with E-state index in [0.717, 1.165) is 57.8 Å². The second-order valence-electron chi connectivity index (χ2n) is 12.2. The smallest absolute Gasteiger partial charge is 0.462 e. The fourth-order valence-corrected chi connectivity index (χ4v) is 5.31. The van der Waals surface area contributed by atoms with E-state index in [9.17, 15) is 14.2 Å². The molecule has 0 amide bonds. The van der Waals surface area contributed by atoms with E-state index in [1.807, 2.05) is 0 Å². The normalized spacial score (nSPS) is 12.7. The third-order valence-corrected chi connectivity index (χ3v) is 8.18. The highest BCUT2D eigenvalue weighted by Gasteiger charge is 2.22. The molecule has 2 N–H and O–H groups in total. The molecule has 0 saturated heterocycles. The first-order valence-corrected chi connectivity index (χ1v) is 19.7. The maximum Gasteiger partial charge on any atom is 0.469 e. The Kier molecular flexibility index (Phi) is 31.4. The molecule has 0 saturated carbocycles. The number of hydrogen-bond donors (Lipinski definition) is 2. The average molecular weight is 659 g/mol. The zero-order valence-electron chi connectivity index (χ0n) is 28.8. The number of ether oxygens (including phenoxy) is 2. The summed E-state index contributed by atoms with van der Waals surface area (Å²) in [6, 6.07) is 0. The Balaban J connectivity index is 4.01. The number of allylic oxidation sites excluding steroid dienone is 4. The minimum absolute atomic E-state index is 0.191. The van der Waals surface area contributed by atoms with Crippen LogP contribution in [0, 0.1) is 0 Å². The van der Waals surface area contributed by atoms with Crippen LogP contribution in [0.2, 0.25) is 0 Å². The van der Waals surface area contributed by atoms with Gasteiger partial charge in [-0.3, -0.25) is 14.1 Å². The summed E-state index contributed by atoms with van der Waals surface area (Å²) in [5, 5.41) is 0. The molecule has 0 aromatic heterocycles. The number of phosphoric acid groups is 1. The van der Waals surface area contributed by atoms with Gasteiger partial charge >= 0.3 is 19.8 Å². The van der Waals surface area contributed by atoms with Crippen molar-refractivity contribution < 1.29 is 37.9 Å². The summed E-state index contributed by atoms with van der Waals surface area (Å²) in [5.41, 5.74) is 0. The SMILES string of the molecule is CCCCC/C=C/CCCCCCCC(=O)OC[C@H](COP(=O)(O)O)OC(=O)CCCCC/C=C/CCCCCCCCCC. The number of unbranched alkanes of at least 4 members (excludes halogenated alkanes) is 19. The number of carbonyl (C=O) groups excluding carboxylic acids is 2. The lowest BCUT2D eigenvalue weighted by Crippen LogP contribution is -2.29. The van der Waals surface area contributed by atoms with E-state index in [2.05, 4.69) is 42.7 Å². The van der Waals surface area contributed by atoms with Gasteiger partial charge in [-0.1, -0.05) is 122 Å². The van der Waals surface area contributed by atoms with Gasteiger partial charge in [0.05, 0.1) is 6.61 Å². The minimum Gasteiger partial charge on any atom is -0.462 e. The molecule has 0 fully saturated rings. The highest BCUT2D eigenvalue weighted by Crippen LogP contribution is 2.36. The molecule has 1 atom stereocenters. The molecule has 0 radical (unpaired) electrons. The standard InChI is InChI=1S/C36H67O8P/c1-3-5-7-9-11-13-15-17-18-19-21-23-25-27-29-31-36(38)44-34(33-43-45(39,40)41)32-42-35(37)30-28-26-24-22-20-16-14-12-10-8-6-4-2/h12,14,19,21,34H,3-11,13,15-18,20,22-33H2,1-2H3,(H2,39,40,41)/b14-12+,21-19+/t34-/m1/s1. The second kappa shape index (κ2) is 32.5. The number of rotatable bonds is 33. The van der Waals surface area contributed by atoms with Gasteiger partial charge in [0, 0.05) is 12.8 Å². The summed E-state index contributed by atoms with van der Waals surface area (Å²) in [4.78, 5) is 42.6. The molecule has 0 spiro atoms. The van der Waals surface area contributed by atoms with Crippen LogP contribution in [0.15, 0.2) is 24.3 Å². The molecule has 0 aliphatic carbocycles. The highest BCUT2D eigenvalue weighted by atomic mass is 31.2. The Morgan fingerprint density at radius 3 is 1.42 bits per heavy atom. The van der Waals surface area contributed by atoms with Crippen molar-refractivity contribution in [3.63, 3.8) is 0 Å². The van der Waals surface area contributed by atoms with E-state index < -0.39 is 32.5 Å². The average Bonchev–Trinajstić information content (AvgIpc) is 3.00. The Bertz CT molecular complexity index is 792. The van der Waals surface area contributed by atoms with Crippen LogP contribution in [-0.2, 0) is 28.2 Å². The predicted octanol–water partition coefficient (Wildman–Crippen LogP) is 10.5. The minimum atomic E-state index is -4.75. The van der Waals surface area contributed by atoms with Crippen molar-refractivity contribution in [2.45, 2.75) is 180 Å². The van der Waals surface area contributed by atoms with Crippen molar-refractivity contribution in [1.82, 2.24) is 0 Å². The molecule has 8 nitrogen and oxygen atoms in total. The van der Waals surface area contributed by atoms with Crippen molar-refractivity contribution >= 4 is 19.8 Å². The topological polar surface area (TPSA) is 119 Å². The third kappa shape index (κ3) is 35.2. The first-order valence-electron chi connectivity index (χ1n) is 18.1. The summed E-state index contributed by atoms with van der Waals surface area (Å²) in [7, 11) is -4.75. The van der Waals surface area contributed by atoms with Crippen LogP contribution < -0.4 is 0 Å². The molecule has 0 aliphatic rings. The van der Waals surface area contributed by atoms with Crippen molar-refractivity contribution in [1.29, 1.82) is 0 Å². The molecule has 0 rings (SSSR count). The summed E-state index contributed by atoms with van der Waals surface area (Å²) >= 11 is 0. The zero-order chi connectivity index (χ0) is 33.3. The van der Waals surface area contributed by atoms with Crippen LogP contribution in [-0.4, -0.2) is 41.0 Å². The van der Waals surface area contributed by atoms with Gasteiger partial charge in [-0.15, -0.1) is 0 Å². The van der Waals surface area contributed by atoms with Crippen LogP contribution in [0.4, 0.5) is 0 Å². The van der Waals surface area contributed by atoms with Crippen LogP contribution in [0.3, 0.4) is 0 Å². The highest BCUT2D eigenvalue weighted by molar-refractivity contribution is 7.46. The second-order valence-corrected chi connectivity index (χ2v) is 13.4. The lowest BCUT2D eigenvalue weighted by Gasteiger charge is -2.18. The molecule has 264 valence electrons. The molecular weight excluding hydrogens is 591 g/mol. The van der Waals surface area contributed by atoms with Crippen LogP contribution in [0.1, 0.15) is 174 Å². The Morgan fingerprint density at radius 1 is 0.556 bits per heavy atom. The Labute approximate surface area is 275 Å². The number of carbonyl (C=O) groups is 2. The van der Waals surface area contributed by atoms with Gasteiger partial charge in [-0.2, -0.15) is 0 Å². The van der Waals surface area contributed by atoms with Gasteiger partial charge < -0.3 is 19.3 Å². The number of phosphoric ester groups is 1. The van der Waals surface area contributed by atoms with E-state index in [1.54, 1.807) is 0 Å². The maximum atomic E-state index is 12.3. The van der Waals surface area contributed by atoms with E-state index in [4.69, 9.17) is 19.3 Å². The molecule has 0 aliphatic heterocycles. The predicted molar refractivity (Wildman–Crippen MR) is 184 cm³/mol. The van der Waals surface area contributed by atoms with Crippen LogP contribution >= 0.6 is 7.82 Å². The fourth-order valence-electron chi connectivity index (χ4n) is 4.95. The summed E-state index contributed by atoms with van der Waals surface area (Å²) < 4.78 is 26.2. The molecule has 45 heavy (non-hydrogen) atoms. The van der Waals surface area contributed by atoms with Crippen molar-refractivity contribution in [2.75, 3.05) is 13.2 Å². The van der Waals surface area contributed by atoms with E-state index >= 15 is 0 Å². The van der Waals surface area contributed by atoms with Gasteiger partial charge in [0.2, 0.25) is 0 Å². The van der Waals surface area contributed by atoms with Gasteiger partial charge in [0.25, 0.3) is 0 Å². The number of esters is 2. The zero-order valence-corrected chi connectivity index (χ0v) is 29.7. The van der Waals surface area contributed by atoms with Gasteiger partial charge in [-0.05, 0) is 64.2 Å². The molecule has 0 heterocycles. The summed E-state index contributed by atoms with van der Waals surface area (Å²) in [5.74, 6) is -0.913.